The maximum atomic E-state index is 4.20. The number of aromatic nitrogens is 3. The van der Waals surface area contributed by atoms with Gasteiger partial charge in [-0.2, -0.15) is 0 Å². The summed E-state index contributed by atoms with van der Waals surface area (Å²) in [7, 11) is 0. The smallest absolute Gasteiger partial charge is 0.105 e. The molecule has 0 bridgehead atoms. The van der Waals surface area contributed by atoms with Gasteiger partial charge in [0.2, 0.25) is 0 Å². The van der Waals surface area contributed by atoms with Crippen LogP contribution in [0.4, 0.5) is 0 Å². The van der Waals surface area contributed by atoms with E-state index in [2.05, 4.69) is 32.8 Å². The zero-order chi connectivity index (χ0) is 12.1. The lowest BCUT2D eigenvalue weighted by Crippen LogP contribution is -2.23. The van der Waals surface area contributed by atoms with Crippen LogP contribution in [0, 0.1) is 6.92 Å². The normalized spacial score (nSPS) is 12.6. The Kier molecular flexibility index (Phi) is 3.88. The topological polar surface area (TPSA) is 42.7 Å². The summed E-state index contributed by atoms with van der Waals surface area (Å²) in [5, 5.41) is 3.48. The van der Waals surface area contributed by atoms with E-state index in [-0.39, 0.29) is 0 Å². The molecule has 0 aromatic carbocycles. The average Bonchev–Trinajstić information content (AvgIpc) is 2.76. The van der Waals surface area contributed by atoms with Gasteiger partial charge in [-0.15, -0.1) is 0 Å². The second kappa shape index (κ2) is 5.59. The summed E-state index contributed by atoms with van der Waals surface area (Å²) in [6.45, 7) is 6.03. The molecule has 4 heteroatoms. The van der Waals surface area contributed by atoms with Crippen molar-refractivity contribution in [2.45, 2.75) is 26.4 Å². The predicted octanol–water partition coefficient (Wildman–Crippen LogP) is 1.94. The lowest BCUT2D eigenvalue weighted by atomic mass is 10.1. The number of aryl methyl sites for hydroxylation is 1. The fraction of sp³-hybridized carbons (Fsp3) is 0.385. The summed E-state index contributed by atoms with van der Waals surface area (Å²) in [6, 6.07) is 4.38. The quantitative estimate of drug-likeness (QED) is 0.853. The van der Waals surface area contributed by atoms with Crippen molar-refractivity contribution in [2.75, 3.05) is 6.54 Å². The molecular weight excluding hydrogens is 212 g/mol. The van der Waals surface area contributed by atoms with Crippen LogP contribution in [0.1, 0.15) is 24.4 Å². The SMILES string of the molecule is Cc1nccn1CCNC(C)c1cccnc1. The summed E-state index contributed by atoms with van der Waals surface area (Å²) in [6.07, 6.45) is 7.54. The van der Waals surface area contributed by atoms with Gasteiger partial charge in [0.25, 0.3) is 0 Å². The van der Waals surface area contributed by atoms with Crippen LogP contribution in [0.25, 0.3) is 0 Å². The van der Waals surface area contributed by atoms with Gasteiger partial charge >= 0.3 is 0 Å². The van der Waals surface area contributed by atoms with Gasteiger partial charge in [-0.25, -0.2) is 4.98 Å². The Morgan fingerprint density at radius 2 is 2.29 bits per heavy atom. The highest BCUT2D eigenvalue weighted by atomic mass is 15.1. The second-order valence-electron chi connectivity index (χ2n) is 4.13. The van der Waals surface area contributed by atoms with E-state index in [9.17, 15) is 0 Å². The van der Waals surface area contributed by atoms with Crippen LogP contribution in [0.5, 0.6) is 0 Å². The van der Waals surface area contributed by atoms with Crippen molar-refractivity contribution in [3.8, 4) is 0 Å². The van der Waals surface area contributed by atoms with E-state index in [1.54, 1.807) is 6.20 Å². The Morgan fingerprint density at radius 1 is 1.41 bits per heavy atom. The van der Waals surface area contributed by atoms with Gasteiger partial charge in [0.1, 0.15) is 5.82 Å². The van der Waals surface area contributed by atoms with Gasteiger partial charge < -0.3 is 9.88 Å². The molecule has 0 fully saturated rings. The number of hydrogen-bond acceptors (Lipinski definition) is 3. The third-order valence-corrected chi connectivity index (χ3v) is 2.91. The van der Waals surface area contributed by atoms with Gasteiger partial charge in [-0.05, 0) is 25.5 Å². The molecule has 0 aliphatic heterocycles. The van der Waals surface area contributed by atoms with Crippen molar-refractivity contribution in [3.63, 3.8) is 0 Å². The number of hydrogen-bond donors (Lipinski definition) is 1. The maximum absolute atomic E-state index is 4.20. The van der Waals surface area contributed by atoms with Crippen LogP contribution in [-0.2, 0) is 6.54 Å². The third kappa shape index (κ3) is 3.14. The zero-order valence-electron chi connectivity index (χ0n) is 10.3. The Morgan fingerprint density at radius 3 is 2.94 bits per heavy atom. The van der Waals surface area contributed by atoms with Crippen molar-refractivity contribution in [1.82, 2.24) is 19.9 Å². The average molecular weight is 230 g/mol. The molecule has 1 N–H and O–H groups in total. The van der Waals surface area contributed by atoms with E-state index in [1.807, 2.05) is 31.6 Å². The predicted molar refractivity (Wildman–Crippen MR) is 67.6 cm³/mol. The highest BCUT2D eigenvalue weighted by molar-refractivity contribution is 5.12. The van der Waals surface area contributed by atoms with Crippen LogP contribution >= 0.6 is 0 Å². The molecule has 17 heavy (non-hydrogen) atoms. The molecule has 2 heterocycles. The number of imidazole rings is 1. The summed E-state index contributed by atoms with van der Waals surface area (Å²) >= 11 is 0. The molecule has 0 aliphatic carbocycles. The molecule has 90 valence electrons. The van der Waals surface area contributed by atoms with Gasteiger partial charge in [0, 0.05) is 43.9 Å². The van der Waals surface area contributed by atoms with Gasteiger partial charge in [-0.3, -0.25) is 4.98 Å². The van der Waals surface area contributed by atoms with E-state index in [0.717, 1.165) is 18.9 Å². The van der Waals surface area contributed by atoms with Gasteiger partial charge in [-0.1, -0.05) is 6.07 Å². The molecule has 0 saturated heterocycles. The van der Waals surface area contributed by atoms with Crippen molar-refractivity contribution >= 4 is 0 Å². The first kappa shape index (κ1) is 11.8. The summed E-state index contributed by atoms with van der Waals surface area (Å²) in [5.41, 5.74) is 1.22. The molecular formula is C13H18N4. The molecule has 0 radical (unpaired) electrons. The zero-order valence-corrected chi connectivity index (χ0v) is 10.3. The maximum Gasteiger partial charge on any atom is 0.105 e. The Balaban J connectivity index is 1.81. The van der Waals surface area contributed by atoms with Gasteiger partial charge in [0.15, 0.2) is 0 Å². The summed E-state index contributed by atoms with van der Waals surface area (Å²) < 4.78 is 2.14. The molecule has 1 atom stereocenters. The van der Waals surface area contributed by atoms with Crippen LogP contribution in [0.15, 0.2) is 36.9 Å². The molecule has 0 aliphatic rings. The van der Waals surface area contributed by atoms with Gasteiger partial charge in [0.05, 0.1) is 0 Å². The lowest BCUT2D eigenvalue weighted by Gasteiger charge is -2.14. The van der Waals surface area contributed by atoms with Crippen LogP contribution < -0.4 is 5.32 Å². The monoisotopic (exact) mass is 230 g/mol. The van der Waals surface area contributed by atoms with E-state index in [4.69, 9.17) is 0 Å². The number of pyridine rings is 1. The van der Waals surface area contributed by atoms with Crippen molar-refractivity contribution < 1.29 is 0 Å². The van der Waals surface area contributed by atoms with Crippen LogP contribution in [-0.4, -0.2) is 21.1 Å². The van der Waals surface area contributed by atoms with E-state index in [1.165, 1.54) is 5.56 Å². The molecule has 0 spiro atoms. The fourth-order valence-electron chi connectivity index (χ4n) is 1.79. The van der Waals surface area contributed by atoms with Crippen molar-refractivity contribution in [3.05, 3.63) is 48.3 Å². The standard InChI is InChI=1S/C13H18N4/c1-11(13-4-3-5-14-10-13)15-6-8-17-9-7-16-12(17)2/h3-5,7,9-11,15H,6,8H2,1-2H3. The Bertz CT molecular complexity index is 449. The highest BCUT2D eigenvalue weighted by Crippen LogP contribution is 2.09. The summed E-state index contributed by atoms with van der Waals surface area (Å²) in [5.74, 6) is 1.06. The lowest BCUT2D eigenvalue weighted by molar-refractivity contribution is 0.525. The van der Waals surface area contributed by atoms with Crippen molar-refractivity contribution in [2.24, 2.45) is 0 Å². The second-order valence-corrected chi connectivity index (χ2v) is 4.13. The molecule has 2 rings (SSSR count). The van der Waals surface area contributed by atoms with E-state index >= 15 is 0 Å². The van der Waals surface area contributed by atoms with E-state index in [0.29, 0.717) is 6.04 Å². The number of nitrogens with zero attached hydrogens (tertiary/aromatic N) is 3. The Hall–Kier alpha value is -1.68. The minimum Gasteiger partial charge on any atom is -0.334 e. The minimum absolute atomic E-state index is 0.326. The first-order valence-electron chi connectivity index (χ1n) is 5.88. The first-order valence-corrected chi connectivity index (χ1v) is 5.88. The largest absolute Gasteiger partial charge is 0.334 e. The molecule has 2 aromatic heterocycles. The fourth-order valence-corrected chi connectivity index (χ4v) is 1.79. The van der Waals surface area contributed by atoms with E-state index < -0.39 is 0 Å². The van der Waals surface area contributed by atoms with Crippen LogP contribution in [0.2, 0.25) is 0 Å². The molecule has 4 nitrogen and oxygen atoms in total. The Labute approximate surface area is 102 Å². The first-order chi connectivity index (χ1) is 8.27. The van der Waals surface area contributed by atoms with Crippen LogP contribution in [0.3, 0.4) is 0 Å². The molecule has 2 aromatic rings. The molecule has 1 unspecified atom stereocenters. The summed E-state index contributed by atoms with van der Waals surface area (Å²) in [4.78, 5) is 8.32. The third-order valence-electron chi connectivity index (χ3n) is 2.91. The van der Waals surface area contributed by atoms with Crippen molar-refractivity contribution in [1.29, 1.82) is 0 Å². The number of rotatable bonds is 5. The number of nitrogens with one attached hydrogen (secondary N) is 1. The molecule has 0 amide bonds. The minimum atomic E-state index is 0.326. The highest BCUT2D eigenvalue weighted by Gasteiger charge is 2.04. The molecule has 0 saturated carbocycles.